The summed E-state index contributed by atoms with van der Waals surface area (Å²) in [6, 6.07) is 0. The summed E-state index contributed by atoms with van der Waals surface area (Å²) in [5.41, 5.74) is 0.298. The Morgan fingerprint density at radius 2 is 1.85 bits per heavy atom. The molecule has 0 unspecified atom stereocenters. The predicted octanol–water partition coefficient (Wildman–Crippen LogP) is 2.09. The summed E-state index contributed by atoms with van der Waals surface area (Å²) >= 11 is 0. The van der Waals surface area contributed by atoms with Crippen molar-refractivity contribution in [1.29, 1.82) is 0 Å². The molecule has 1 aliphatic rings. The minimum absolute atomic E-state index is 0.298. The lowest BCUT2D eigenvalue weighted by atomic mass is 9.91. The summed E-state index contributed by atoms with van der Waals surface area (Å²) in [4.78, 5) is 12.8. The van der Waals surface area contributed by atoms with Gasteiger partial charge >= 0.3 is 0 Å². The molecule has 1 heterocycles. The summed E-state index contributed by atoms with van der Waals surface area (Å²) in [6.45, 7) is 9.08. The Labute approximate surface area is 81.3 Å². The van der Waals surface area contributed by atoms with E-state index in [-0.39, 0.29) is 0 Å². The average molecular weight is 183 g/mol. The van der Waals surface area contributed by atoms with E-state index in [2.05, 4.69) is 25.7 Å². The van der Waals surface area contributed by atoms with Crippen molar-refractivity contribution in [3.63, 3.8) is 0 Å². The molecule has 0 atom stereocenters. The lowest BCUT2D eigenvalue weighted by Gasteiger charge is -2.40. The smallest absolute Gasteiger partial charge is 0.120 e. The summed E-state index contributed by atoms with van der Waals surface area (Å²) in [6.07, 6.45) is 4.21. The maximum Gasteiger partial charge on any atom is 0.120 e. The number of nitrogens with zero attached hydrogens (tertiary/aromatic N) is 1. The number of piperidine rings is 1. The van der Waals surface area contributed by atoms with Crippen molar-refractivity contribution >= 4 is 6.29 Å². The maximum atomic E-state index is 10.3. The number of hydrogen-bond donors (Lipinski definition) is 0. The second kappa shape index (κ2) is 4.23. The zero-order valence-corrected chi connectivity index (χ0v) is 9.05. The number of rotatable bonds is 2. The fourth-order valence-electron chi connectivity index (χ4n) is 1.98. The number of carbonyl (C=O) groups is 1. The first-order chi connectivity index (χ1) is 6.04. The Morgan fingerprint density at radius 3 is 2.23 bits per heavy atom. The van der Waals surface area contributed by atoms with Crippen LogP contribution in [0.15, 0.2) is 0 Å². The quantitative estimate of drug-likeness (QED) is 0.611. The van der Waals surface area contributed by atoms with E-state index in [1.165, 1.54) is 12.8 Å². The van der Waals surface area contributed by atoms with Crippen LogP contribution in [0.25, 0.3) is 0 Å². The van der Waals surface area contributed by atoms with Crippen LogP contribution in [-0.4, -0.2) is 29.8 Å². The molecular weight excluding hydrogens is 162 g/mol. The highest BCUT2D eigenvalue weighted by Gasteiger charge is 2.26. The molecule has 2 heteroatoms. The molecule has 0 radical (unpaired) electrons. The second-order valence-corrected chi connectivity index (χ2v) is 5.00. The van der Waals surface area contributed by atoms with E-state index in [4.69, 9.17) is 0 Å². The van der Waals surface area contributed by atoms with Gasteiger partial charge in [-0.05, 0) is 52.6 Å². The van der Waals surface area contributed by atoms with Gasteiger partial charge in [-0.15, -0.1) is 0 Å². The van der Waals surface area contributed by atoms with Gasteiger partial charge in [0.2, 0.25) is 0 Å². The van der Waals surface area contributed by atoms with Gasteiger partial charge in [0.05, 0.1) is 0 Å². The lowest BCUT2D eigenvalue weighted by molar-refractivity contribution is -0.109. The van der Waals surface area contributed by atoms with Gasteiger partial charge in [-0.25, -0.2) is 0 Å². The van der Waals surface area contributed by atoms with E-state index < -0.39 is 0 Å². The summed E-state index contributed by atoms with van der Waals surface area (Å²) in [5.74, 6) is 0.649. The fourth-order valence-corrected chi connectivity index (χ4v) is 1.98. The minimum atomic E-state index is 0.298. The van der Waals surface area contributed by atoms with Crippen LogP contribution in [-0.2, 0) is 4.79 Å². The molecule has 0 N–H and O–H groups in total. The molecule has 0 amide bonds. The van der Waals surface area contributed by atoms with Gasteiger partial charge in [0.25, 0.3) is 0 Å². The van der Waals surface area contributed by atoms with Crippen LogP contribution in [0.3, 0.4) is 0 Å². The number of aldehydes is 1. The molecule has 76 valence electrons. The molecule has 0 aromatic carbocycles. The van der Waals surface area contributed by atoms with Crippen LogP contribution < -0.4 is 0 Å². The van der Waals surface area contributed by atoms with E-state index in [9.17, 15) is 4.79 Å². The van der Waals surface area contributed by atoms with Gasteiger partial charge in [0, 0.05) is 12.0 Å². The molecule has 1 fully saturated rings. The van der Waals surface area contributed by atoms with Crippen molar-refractivity contribution in [2.24, 2.45) is 5.92 Å². The zero-order chi connectivity index (χ0) is 9.90. The highest BCUT2D eigenvalue weighted by molar-refractivity contribution is 5.49. The Morgan fingerprint density at radius 1 is 1.31 bits per heavy atom. The van der Waals surface area contributed by atoms with Gasteiger partial charge < -0.3 is 4.79 Å². The monoisotopic (exact) mass is 183 g/mol. The van der Waals surface area contributed by atoms with E-state index in [0.717, 1.165) is 25.8 Å². The van der Waals surface area contributed by atoms with Gasteiger partial charge in [-0.2, -0.15) is 0 Å². The molecule has 0 saturated carbocycles. The topological polar surface area (TPSA) is 20.3 Å². The number of hydrogen-bond acceptors (Lipinski definition) is 2. The van der Waals surface area contributed by atoms with Crippen LogP contribution in [0, 0.1) is 5.92 Å². The second-order valence-electron chi connectivity index (χ2n) is 5.00. The van der Waals surface area contributed by atoms with Crippen LogP contribution in [0.2, 0.25) is 0 Å². The van der Waals surface area contributed by atoms with E-state index >= 15 is 0 Å². The minimum Gasteiger partial charge on any atom is -0.303 e. The van der Waals surface area contributed by atoms with Gasteiger partial charge in [-0.3, -0.25) is 4.90 Å². The third-order valence-corrected chi connectivity index (χ3v) is 2.99. The standard InChI is InChI=1S/C11H21NO/c1-11(2,3)12-7-4-10(5-8-12)6-9-13/h9-10H,4-8H2,1-3H3. The maximum absolute atomic E-state index is 10.3. The molecule has 1 saturated heterocycles. The number of carbonyl (C=O) groups excluding carboxylic acids is 1. The van der Waals surface area contributed by atoms with Crippen LogP contribution >= 0.6 is 0 Å². The van der Waals surface area contributed by atoms with Crippen molar-refractivity contribution in [1.82, 2.24) is 4.90 Å². The summed E-state index contributed by atoms with van der Waals surface area (Å²) < 4.78 is 0. The van der Waals surface area contributed by atoms with Crippen molar-refractivity contribution in [2.75, 3.05) is 13.1 Å². The van der Waals surface area contributed by atoms with E-state index in [1.807, 2.05) is 0 Å². The Balaban J connectivity index is 2.34. The Kier molecular flexibility index (Phi) is 3.48. The third-order valence-electron chi connectivity index (χ3n) is 2.99. The van der Waals surface area contributed by atoms with Crippen LogP contribution in [0.4, 0.5) is 0 Å². The molecule has 0 spiro atoms. The Hall–Kier alpha value is -0.370. The van der Waals surface area contributed by atoms with E-state index in [1.54, 1.807) is 0 Å². The predicted molar refractivity (Wildman–Crippen MR) is 54.7 cm³/mol. The van der Waals surface area contributed by atoms with Crippen molar-refractivity contribution in [3.05, 3.63) is 0 Å². The first kappa shape index (κ1) is 10.7. The van der Waals surface area contributed by atoms with Gasteiger partial charge in [0.15, 0.2) is 0 Å². The molecule has 13 heavy (non-hydrogen) atoms. The normalized spacial score (nSPS) is 21.8. The largest absolute Gasteiger partial charge is 0.303 e. The highest BCUT2D eigenvalue weighted by atomic mass is 16.1. The summed E-state index contributed by atoms with van der Waals surface area (Å²) in [5, 5.41) is 0. The number of likely N-dealkylation sites (tertiary alicyclic amines) is 1. The molecule has 1 aliphatic heterocycles. The van der Waals surface area contributed by atoms with Crippen molar-refractivity contribution < 1.29 is 4.79 Å². The first-order valence-corrected chi connectivity index (χ1v) is 5.22. The Bertz CT molecular complexity index is 163. The van der Waals surface area contributed by atoms with Crippen molar-refractivity contribution in [3.8, 4) is 0 Å². The molecule has 1 rings (SSSR count). The van der Waals surface area contributed by atoms with Crippen molar-refractivity contribution in [2.45, 2.75) is 45.6 Å². The molecular formula is C11H21NO. The fraction of sp³-hybridized carbons (Fsp3) is 0.909. The van der Waals surface area contributed by atoms with Crippen LogP contribution in [0.5, 0.6) is 0 Å². The summed E-state index contributed by atoms with van der Waals surface area (Å²) in [7, 11) is 0. The van der Waals surface area contributed by atoms with E-state index in [0.29, 0.717) is 11.5 Å². The van der Waals surface area contributed by atoms with Gasteiger partial charge in [0.1, 0.15) is 6.29 Å². The average Bonchev–Trinajstić information content (AvgIpc) is 2.04. The lowest BCUT2D eigenvalue weighted by Crippen LogP contribution is -2.46. The SMILES string of the molecule is CC(C)(C)N1CCC(CC=O)CC1. The molecule has 0 bridgehead atoms. The third kappa shape index (κ3) is 3.11. The molecule has 0 aromatic heterocycles. The molecule has 0 aromatic rings. The highest BCUT2D eigenvalue weighted by Crippen LogP contribution is 2.24. The molecule has 0 aliphatic carbocycles. The van der Waals surface area contributed by atoms with Gasteiger partial charge in [-0.1, -0.05) is 0 Å². The van der Waals surface area contributed by atoms with Crippen LogP contribution in [0.1, 0.15) is 40.0 Å². The first-order valence-electron chi connectivity index (χ1n) is 5.22. The zero-order valence-electron chi connectivity index (χ0n) is 9.05. The molecule has 2 nitrogen and oxygen atoms in total.